The molecule has 1 fully saturated rings. The van der Waals surface area contributed by atoms with Gasteiger partial charge in [-0.15, -0.1) is 0 Å². The van der Waals surface area contributed by atoms with E-state index in [1.165, 1.54) is 4.90 Å². The average Bonchev–Trinajstić information content (AvgIpc) is 2.90. The van der Waals surface area contributed by atoms with Gasteiger partial charge in [0.2, 0.25) is 5.78 Å². The van der Waals surface area contributed by atoms with Crippen LogP contribution in [0.1, 0.15) is 23.1 Å². The molecule has 1 saturated carbocycles. The number of anilines is 1. The van der Waals surface area contributed by atoms with Crippen LogP contribution >= 0.6 is 0 Å². The Kier molecular flexibility index (Phi) is 7.40. The predicted octanol–water partition coefficient (Wildman–Crippen LogP) is 1.76. The second kappa shape index (κ2) is 10.5. The van der Waals surface area contributed by atoms with Crippen molar-refractivity contribution in [2.45, 2.75) is 31.0 Å². The van der Waals surface area contributed by atoms with E-state index in [9.17, 15) is 34.8 Å². The number of primary amides is 1. The van der Waals surface area contributed by atoms with Crippen LogP contribution in [0.3, 0.4) is 0 Å². The summed E-state index contributed by atoms with van der Waals surface area (Å²) in [5, 5.41) is 46.3. The minimum absolute atomic E-state index is 0.0354. The number of aliphatic hydroxyl groups is 3. The molecule has 0 aliphatic heterocycles. The van der Waals surface area contributed by atoms with E-state index in [1.54, 1.807) is 14.1 Å². The third kappa shape index (κ3) is 4.50. The van der Waals surface area contributed by atoms with Crippen LogP contribution < -0.4 is 10.6 Å². The van der Waals surface area contributed by atoms with Gasteiger partial charge in [0.25, 0.3) is 5.91 Å². The van der Waals surface area contributed by atoms with E-state index in [0.717, 1.165) is 11.3 Å². The summed E-state index contributed by atoms with van der Waals surface area (Å²) in [4.78, 5) is 45.1. The normalized spacial score (nSPS) is 25.2. The number of aromatic hydroxyl groups is 1. The number of nitrogens with zero attached hydrogens (tertiary/aromatic N) is 3. The van der Waals surface area contributed by atoms with E-state index in [4.69, 9.17) is 5.73 Å². The quantitative estimate of drug-likeness (QED) is 0.313. The third-order valence-corrected chi connectivity index (χ3v) is 8.92. The number of benzene rings is 2. The number of amides is 1. The molecule has 0 saturated heterocycles. The zero-order valence-corrected chi connectivity index (χ0v) is 25.2. The highest BCUT2D eigenvalue weighted by molar-refractivity contribution is 6.24. The number of fused-ring (bicyclic) bond motifs is 3. The van der Waals surface area contributed by atoms with Crippen molar-refractivity contribution in [3.8, 4) is 16.9 Å². The molecule has 4 atom stereocenters. The molecule has 11 nitrogen and oxygen atoms in total. The second-order valence-electron chi connectivity index (χ2n) is 12.4. The Bertz CT molecular complexity index is 1620. The number of carbonyl (C=O) groups excluding carboxylic acids is 3. The van der Waals surface area contributed by atoms with Gasteiger partial charge in [0.05, 0.1) is 11.6 Å². The van der Waals surface area contributed by atoms with E-state index in [-0.39, 0.29) is 29.7 Å². The van der Waals surface area contributed by atoms with Crippen molar-refractivity contribution >= 4 is 28.9 Å². The Morgan fingerprint density at radius 3 is 2.30 bits per heavy atom. The van der Waals surface area contributed by atoms with Crippen molar-refractivity contribution < 1.29 is 34.8 Å². The zero-order valence-electron chi connectivity index (χ0n) is 25.2. The molecule has 3 aliphatic carbocycles. The number of phenols is 1. The summed E-state index contributed by atoms with van der Waals surface area (Å²) in [6.07, 6.45) is 0.254. The summed E-state index contributed by atoms with van der Waals surface area (Å²) in [6.45, 7) is 0.673. The molecule has 0 aromatic heterocycles. The Labute approximate surface area is 250 Å². The molecule has 5 rings (SSSR count). The van der Waals surface area contributed by atoms with Crippen LogP contribution in [-0.4, -0.2) is 102 Å². The fourth-order valence-corrected chi connectivity index (χ4v) is 7.11. The lowest BCUT2D eigenvalue weighted by atomic mass is 9.57. The lowest BCUT2D eigenvalue weighted by Crippen LogP contribution is -2.65. The smallest absolute Gasteiger partial charge is 0.255 e. The summed E-state index contributed by atoms with van der Waals surface area (Å²) in [5.74, 6) is -6.68. The van der Waals surface area contributed by atoms with Crippen molar-refractivity contribution in [3.63, 3.8) is 0 Å². The number of carbonyl (C=O) groups is 3. The van der Waals surface area contributed by atoms with Crippen molar-refractivity contribution in [2.24, 2.45) is 17.6 Å². The number of likely N-dealkylation sites (N-methyl/N-ethyl adjacent to an activating group) is 1. The van der Waals surface area contributed by atoms with Gasteiger partial charge in [-0.25, -0.2) is 0 Å². The van der Waals surface area contributed by atoms with Crippen LogP contribution in [0, 0.1) is 11.8 Å². The van der Waals surface area contributed by atoms with Crippen LogP contribution in [0.4, 0.5) is 5.69 Å². The van der Waals surface area contributed by atoms with E-state index >= 15 is 0 Å². The van der Waals surface area contributed by atoms with E-state index in [2.05, 4.69) is 0 Å². The number of hydrogen-bond donors (Lipinski definition) is 5. The standard InChI is InChI=1S/C32H38N4O7/c1-34(2)14-15-8-7-9-16(10-15)18-13-21(35(3)4)19-11-17-12-20-25(36(5)6)28(39)24(31(33)42)30(41)32(20,43)29(40)22(17)27(38)23(19)26(18)37/h7-10,13,17,20,25,37-38,41,43H,11-12,14H2,1-6H3,(H2,33,42)/t17-,20-,25-,32-/m0/s1. The molecular formula is C32H38N4O7. The Balaban J connectivity index is 1.74. The third-order valence-electron chi connectivity index (χ3n) is 8.92. The van der Waals surface area contributed by atoms with E-state index in [0.29, 0.717) is 23.2 Å². The molecule has 0 spiro atoms. The molecule has 2 aromatic rings. The number of hydrogen-bond acceptors (Lipinski definition) is 10. The largest absolute Gasteiger partial charge is 0.508 e. The average molecular weight is 591 g/mol. The highest BCUT2D eigenvalue weighted by atomic mass is 16.3. The Morgan fingerprint density at radius 1 is 1.05 bits per heavy atom. The van der Waals surface area contributed by atoms with Gasteiger partial charge in [0.1, 0.15) is 22.8 Å². The molecule has 0 bridgehead atoms. The molecule has 0 unspecified atom stereocenters. The lowest BCUT2D eigenvalue weighted by molar-refractivity contribution is -0.153. The van der Waals surface area contributed by atoms with Crippen molar-refractivity contribution in [3.05, 3.63) is 63.9 Å². The first-order valence-corrected chi connectivity index (χ1v) is 14.1. The van der Waals surface area contributed by atoms with Gasteiger partial charge in [-0.05, 0) is 75.8 Å². The van der Waals surface area contributed by atoms with Gasteiger partial charge >= 0.3 is 0 Å². The summed E-state index contributed by atoms with van der Waals surface area (Å²) in [7, 11) is 10.7. The van der Waals surface area contributed by atoms with Crippen LogP contribution in [0.15, 0.2) is 47.2 Å². The van der Waals surface area contributed by atoms with Gasteiger partial charge in [0.15, 0.2) is 11.4 Å². The predicted molar refractivity (Wildman–Crippen MR) is 161 cm³/mol. The second-order valence-corrected chi connectivity index (χ2v) is 12.4. The molecule has 11 heteroatoms. The Hall–Kier alpha value is -4.19. The number of aliphatic hydroxyl groups excluding tert-OH is 2. The van der Waals surface area contributed by atoms with E-state index < -0.39 is 58.0 Å². The minimum Gasteiger partial charge on any atom is -0.508 e. The molecule has 2 aromatic carbocycles. The summed E-state index contributed by atoms with van der Waals surface area (Å²) in [6, 6.07) is 8.38. The number of Topliss-reactive ketones (excluding diaryl/α,β-unsaturated/α-hetero) is 2. The zero-order chi connectivity index (χ0) is 31.7. The number of phenolic OH excluding ortho intramolecular Hbond substituents is 1. The molecule has 43 heavy (non-hydrogen) atoms. The number of rotatable bonds is 6. The first-order valence-electron chi connectivity index (χ1n) is 14.1. The Morgan fingerprint density at radius 2 is 1.72 bits per heavy atom. The first-order chi connectivity index (χ1) is 20.1. The van der Waals surface area contributed by atoms with Crippen LogP contribution in [-0.2, 0) is 27.3 Å². The van der Waals surface area contributed by atoms with Gasteiger partial charge in [0, 0.05) is 43.4 Å². The monoisotopic (exact) mass is 590 g/mol. The summed E-state index contributed by atoms with van der Waals surface area (Å²) >= 11 is 0. The maximum atomic E-state index is 14.2. The molecule has 1 amide bonds. The van der Waals surface area contributed by atoms with E-state index in [1.807, 2.05) is 68.3 Å². The maximum absolute atomic E-state index is 14.2. The summed E-state index contributed by atoms with van der Waals surface area (Å²) in [5.41, 5.74) is 5.30. The lowest BCUT2D eigenvalue weighted by Gasteiger charge is -2.50. The minimum atomic E-state index is -2.68. The number of ketones is 2. The highest BCUT2D eigenvalue weighted by Gasteiger charge is 2.64. The molecular weight excluding hydrogens is 552 g/mol. The van der Waals surface area contributed by atoms with Gasteiger partial charge in [-0.3, -0.25) is 19.3 Å². The van der Waals surface area contributed by atoms with Crippen molar-refractivity contribution in [2.75, 3.05) is 47.2 Å². The fourth-order valence-electron chi connectivity index (χ4n) is 7.11. The van der Waals surface area contributed by atoms with Crippen molar-refractivity contribution in [1.29, 1.82) is 0 Å². The summed E-state index contributed by atoms with van der Waals surface area (Å²) < 4.78 is 0. The molecule has 0 radical (unpaired) electrons. The van der Waals surface area contributed by atoms with Crippen LogP contribution in [0.2, 0.25) is 0 Å². The van der Waals surface area contributed by atoms with Crippen LogP contribution in [0.5, 0.6) is 5.75 Å². The molecule has 6 N–H and O–H groups in total. The topological polar surface area (TPSA) is 168 Å². The maximum Gasteiger partial charge on any atom is 0.255 e. The molecule has 3 aliphatic rings. The fraction of sp³-hybridized carbons (Fsp3) is 0.406. The van der Waals surface area contributed by atoms with Crippen molar-refractivity contribution in [1.82, 2.24) is 9.80 Å². The van der Waals surface area contributed by atoms with Gasteiger partial charge in [-0.1, -0.05) is 18.2 Å². The highest BCUT2D eigenvalue weighted by Crippen LogP contribution is 2.54. The van der Waals surface area contributed by atoms with Gasteiger partial charge < -0.3 is 36.0 Å². The van der Waals surface area contributed by atoms with Crippen LogP contribution in [0.25, 0.3) is 16.9 Å². The van der Waals surface area contributed by atoms with Gasteiger partial charge in [-0.2, -0.15) is 0 Å². The molecule has 0 heterocycles. The molecule has 228 valence electrons. The first kappa shape index (κ1) is 30.3. The number of nitrogens with two attached hydrogens (primary N) is 1. The SMILES string of the molecule is CN(C)Cc1cccc(-c2cc(N(C)C)c3c(c2O)C(O)=C2C(=O)[C@]4(O)C(O)=C(C(N)=O)C(=O)[C@@H](N(C)C)[C@@H]4C[C@@H]2C3)c1.